The van der Waals surface area contributed by atoms with Crippen molar-refractivity contribution in [2.24, 2.45) is 0 Å². The van der Waals surface area contributed by atoms with Crippen LogP contribution in [0, 0.1) is 0 Å². The molecule has 0 aromatic heterocycles. The summed E-state index contributed by atoms with van der Waals surface area (Å²) in [4.78, 5) is 14.6. The zero-order valence-corrected chi connectivity index (χ0v) is 16.2. The molecule has 5 heteroatoms. The van der Waals surface area contributed by atoms with Gasteiger partial charge in [0, 0.05) is 12.1 Å². The first-order valence-electron chi connectivity index (χ1n) is 8.73. The van der Waals surface area contributed by atoms with E-state index in [1.54, 1.807) is 14.2 Å². The molecule has 0 heterocycles. The lowest BCUT2D eigenvalue weighted by atomic mass is 10.1. The van der Waals surface area contributed by atoms with E-state index in [0.29, 0.717) is 18.0 Å². The molecule has 0 aliphatic heterocycles. The number of carbonyl (C=O) groups excluding carboxylic acids is 1. The van der Waals surface area contributed by atoms with Gasteiger partial charge in [-0.3, -0.25) is 9.69 Å². The Morgan fingerprint density at radius 1 is 1.04 bits per heavy atom. The van der Waals surface area contributed by atoms with Crippen LogP contribution in [0.5, 0.6) is 11.5 Å². The van der Waals surface area contributed by atoms with Gasteiger partial charge in [-0.2, -0.15) is 0 Å². The highest BCUT2D eigenvalue weighted by Gasteiger charge is 2.21. The van der Waals surface area contributed by atoms with Gasteiger partial charge in [0.1, 0.15) is 0 Å². The monoisotopic (exact) mass is 356 g/mol. The summed E-state index contributed by atoms with van der Waals surface area (Å²) in [5, 5.41) is 3.08. The number of hydrogen-bond donors (Lipinski definition) is 1. The lowest BCUT2D eigenvalue weighted by molar-refractivity contribution is -0.126. The maximum absolute atomic E-state index is 12.6. The molecule has 0 aliphatic carbocycles. The third kappa shape index (κ3) is 4.76. The lowest BCUT2D eigenvalue weighted by Crippen LogP contribution is -2.43. The van der Waals surface area contributed by atoms with Gasteiger partial charge in [0.15, 0.2) is 11.5 Å². The molecular formula is C21H28N2O3. The topological polar surface area (TPSA) is 50.8 Å². The summed E-state index contributed by atoms with van der Waals surface area (Å²) in [6.45, 7) is 4.47. The largest absolute Gasteiger partial charge is 0.493 e. The van der Waals surface area contributed by atoms with Gasteiger partial charge in [0.05, 0.1) is 26.3 Å². The van der Waals surface area contributed by atoms with E-state index in [2.05, 4.69) is 5.32 Å². The molecule has 2 atom stereocenters. The zero-order chi connectivity index (χ0) is 19.1. The van der Waals surface area contributed by atoms with Gasteiger partial charge in [-0.1, -0.05) is 42.5 Å². The fraction of sp³-hybridized carbons (Fsp3) is 0.381. The standard InChI is InChI=1S/C21H28N2O3/c1-15(17-10-7-6-8-11-17)22-21(24)16(2)23(3)14-18-12-9-13-19(25-4)20(18)26-5/h6-13,15-16H,14H2,1-5H3,(H,22,24)/t15-,16-/m1/s1. The Bertz CT molecular complexity index is 718. The van der Waals surface area contributed by atoms with Crippen molar-refractivity contribution in [1.82, 2.24) is 10.2 Å². The van der Waals surface area contributed by atoms with Crippen LogP contribution in [-0.2, 0) is 11.3 Å². The van der Waals surface area contributed by atoms with Crippen LogP contribution in [0.1, 0.15) is 31.0 Å². The molecule has 0 saturated heterocycles. The van der Waals surface area contributed by atoms with Gasteiger partial charge in [-0.25, -0.2) is 0 Å². The van der Waals surface area contributed by atoms with Crippen LogP contribution in [0.25, 0.3) is 0 Å². The van der Waals surface area contributed by atoms with E-state index in [9.17, 15) is 4.79 Å². The highest BCUT2D eigenvalue weighted by atomic mass is 16.5. The van der Waals surface area contributed by atoms with Crippen LogP contribution in [0.4, 0.5) is 0 Å². The number of amides is 1. The van der Waals surface area contributed by atoms with E-state index >= 15 is 0 Å². The summed E-state index contributed by atoms with van der Waals surface area (Å²) in [5.74, 6) is 1.38. The van der Waals surface area contributed by atoms with Crippen LogP contribution in [0.2, 0.25) is 0 Å². The molecule has 2 rings (SSSR count). The summed E-state index contributed by atoms with van der Waals surface area (Å²) < 4.78 is 10.8. The Balaban J connectivity index is 2.03. The predicted molar refractivity (Wildman–Crippen MR) is 103 cm³/mol. The van der Waals surface area contributed by atoms with E-state index in [1.807, 2.05) is 74.3 Å². The van der Waals surface area contributed by atoms with E-state index in [4.69, 9.17) is 9.47 Å². The van der Waals surface area contributed by atoms with Crippen LogP contribution < -0.4 is 14.8 Å². The minimum atomic E-state index is -0.280. The Morgan fingerprint density at radius 2 is 1.73 bits per heavy atom. The predicted octanol–water partition coefficient (Wildman–Crippen LogP) is 3.40. The first-order chi connectivity index (χ1) is 12.5. The number of carbonyl (C=O) groups is 1. The third-order valence-corrected chi connectivity index (χ3v) is 4.60. The van der Waals surface area contributed by atoms with Crippen molar-refractivity contribution < 1.29 is 14.3 Å². The Kier molecular flexibility index (Phi) is 7.04. The fourth-order valence-corrected chi connectivity index (χ4v) is 2.84. The minimum Gasteiger partial charge on any atom is -0.493 e. The van der Waals surface area contributed by atoms with E-state index in [0.717, 1.165) is 11.1 Å². The number of nitrogens with one attached hydrogen (secondary N) is 1. The van der Waals surface area contributed by atoms with Crippen LogP contribution >= 0.6 is 0 Å². The lowest BCUT2D eigenvalue weighted by Gasteiger charge is -2.26. The quantitative estimate of drug-likeness (QED) is 0.788. The second kappa shape index (κ2) is 9.25. The minimum absolute atomic E-state index is 0.00860. The molecular weight excluding hydrogens is 328 g/mol. The summed E-state index contributed by atoms with van der Waals surface area (Å²) in [5.41, 5.74) is 2.07. The van der Waals surface area contributed by atoms with Crippen molar-refractivity contribution >= 4 is 5.91 Å². The van der Waals surface area contributed by atoms with Crippen LogP contribution in [0.3, 0.4) is 0 Å². The van der Waals surface area contributed by atoms with Crippen molar-refractivity contribution in [2.45, 2.75) is 32.5 Å². The summed E-state index contributed by atoms with van der Waals surface area (Å²) in [6.07, 6.45) is 0. The molecule has 1 amide bonds. The first kappa shape index (κ1) is 19.8. The van der Waals surface area contributed by atoms with Crippen LogP contribution in [0.15, 0.2) is 48.5 Å². The zero-order valence-electron chi connectivity index (χ0n) is 16.2. The van der Waals surface area contributed by atoms with Gasteiger partial charge in [-0.05, 0) is 32.5 Å². The highest BCUT2D eigenvalue weighted by Crippen LogP contribution is 2.31. The Hall–Kier alpha value is -2.53. The maximum atomic E-state index is 12.6. The molecule has 26 heavy (non-hydrogen) atoms. The van der Waals surface area contributed by atoms with Gasteiger partial charge in [0.2, 0.25) is 5.91 Å². The summed E-state index contributed by atoms with van der Waals surface area (Å²) >= 11 is 0. The molecule has 0 saturated carbocycles. The first-order valence-corrected chi connectivity index (χ1v) is 8.73. The number of benzene rings is 2. The van der Waals surface area contributed by atoms with Crippen molar-refractivity contribution in [2.75, 3.05) is 21.3 Å². The molecule has 1 N–H and O–H groups in total. The number of para-hydroxylation sites is 1. The normalized spacial score (nSPS) is 13.2. The molecule has 5 nitrogen and oxygen atoms in total. The van der Waals surface area contributed by atoms with Crippen molar-refractivity contribution in [3.63, 3.8) is 0 Å². The molecule has 0 bridgehead atoms. The Morgan fingerprint density at radius 3 is 2.35 bits per heavy atom. The third-order valence-electron chi connectivity index (χ3n) is 4.60. The smallest absolute Gasteiger partial charge is 0.237 e. The summed E-state index contributed by atoms with van der Waals surface area (Å²) in [7, 11) is 5.17. The maximum Gasteiger partial charge on any atom is 0.237 e. The summed E-state index contributed by atoms with van der Waals surface area (Å²) in [6, 6.07) is 15.4. The molecule has 0 radical (unpaired) electrons. The molecule has 140 valence electrons. The van der Waals surface area contributed by atoms with Gasteiger partial charge in [-0.15, -0.1) is 0 Å². The average Bonchev–Trinajstić information content (AvgIpc) is 2.67. The van der Waals surface area contributed by atoms with Crippen molar-refractivity contribution in [3.8, 4) is 11.5 Å². The fourth-order valence-electron chi connectivity index (χ4n) is 2.84. The number of methoxy groups -OCH3 is 2. The number of rotatable bonds is 8. The van der Waals surface area contributed by atoms with Crippen molar-refractivity contribution in [1.29, 1.82) is 0 Å². The van der Waals surface area contributed by atoms with Crippen LogP contribution in [-0.4, -0.2) is 38.1 Å². The second-order valence-electron chi connectivity index (χ2n) is 6.38. The number of hydrogen-bond acceptors (Lipinski definition) is 4. The molecule has 0 aliphatic rings. The number of ether oxygens (including phenoxy) is 2. The van der Waals surface area contributed by atoms with E-state index < -0.39 is 0 Å². The highest BCUT2D eigenvalue weighted by molar-refractivity contribution is 5.81. The molecule has 0 fully saturated rings. The number of likely N-dealkylation sites (N-methyl/N-ethyl adjacent to an activating group) is 1. The molecule has 0 spiro atoms. The van der Waals surface area contributed by atoms with E-state index in [1.165, 1.54) is 0 Å². The second-order valence-corrected chi connectivity index (χ2v) is 6.38. The van der Waals surface area contributed by atoms with E-state index in [-0.39, 0.29) is 18.0 Å². The van der Waals surface area contributed by atoms with Gasteiger partial charge in [0.25, 0.3) is 0 Å². The van der Waals surface area contributed by atoms with Gasteiger partial charge < -0.3 is 14.8 Å². The number of nitrogens with zero attached hydrogens (tertiary/aromatic N) is 1. The van der Waals surface area contributed by atoms with Crippen molar-refractivity contribution in [3.05, 3.63) is 59.7 Å². The Labute approximate surface area is 155 Å². The SMILES string of the molecule is COc1cccc(CN(C)[C@H](C)C(=O)N[C@H](C)c2ccccc2)c1OC. The van der Waals surface area contributed by atoms with Gasteiger partial charge >= 0.3 is 0 Å². The molecule has 2 aromatic carbocycles. The average molecular weight is 356 g/mol. The molecule has 0 unspecified atom stereocenters. The molecule has 2 aromatic rings.